The van der Waals surface area contributed by atoms with Crippen LogP contribution in [0.25, 0.3) is 0 Å². The highest BCUT2D eigenvalue weighted by molar-refractivity contribution is 6.09. The summed E-state index contributed by atoms with van der Waals surface area (Å²) in [5, 5.41) is 18.4. The summed E-state index contributed by atoms with van der Waals surface area (Å²) >= 11 is 0. The van der Waals surface area contributed by atoms with Crippen LogP contribution in [0.3, 0.4) is 0 Å². The maximum Gasteiger partial charge on any atom is 0.236 e. The van der Waals surface area contributed by atoms with Gasteiger partial charge in [0.15, 0.2) is 18.2 Å². The van der Waals surface area contributed by atoms with Gasteiger partial charge in [-0.1, -0.05) is 0 Å². The van der Waals surface area contributed by atoms with Crippen LogP contribution in [0.5, 0.6) is 0 Å². The number of Topliss-reactive ketones (excluding diaryl/α,β-unsaturated/α-hetero) is 1. The Morgan fingerprint density at radius 2 is 2.22 bits per heavy atom. The Morgan fingerprint density at radius 3 is 2.78 bits per heavy atom. The van der Waals surface area contributed by atoms with Gasteiger partial charge < -0.3 is 14.9 Å². The van der Waals surface area contributed by atoms with Gasteiger partial charge in [0.25, 0.3) is 0 Å². The van der Waals surface area contributed by atoms with Gasteiger partial charge in [-0.2, -0.15) is 0 Å². The summed E-state index contributed by atoms with van der Waals surface area (Å²) < 4.78 is 18.9. The minimum atomic E-state index is -1.82. The van der Waals surface area contributed by atoms with Crippen LogP contribution in [0.1, 0.15) is 13.3 Å². The average molecular weight is 259 g/mol. The molecule has 0 radical (unpaired) electrons. The summed E-state index contributed by atoms with van der Waals surface area (Å²) in [6.45, 7) is 0.978. The number of alkyl halides is 1. The number of halogens is 1. The van der Waals surface area contributed by atoms with Crippen LogP contribution in [0.4, 0.5) is 4.39 Å². The predicted octanol–water partition coefficient (Wildman–Crippen LogP) is -0.892. The fraction of sp³-hybridized carbons (Fsp3) is 0.636. The van der Waals surface area contributed by atoms with Crippen molar-refractivity contribution in [3.05, 3.63) is 11.8 Å². The SMILES string of the molecule is CC1=CN([C@H]2O[C@@H](CO)[C@H](O)[C@@H]2F)C(=O)CC1=O. The molecule has 7 heteroatoms. The van der Waals surface area contributed by atoms with Crippen molar-refractivity contribution in [2.24, 2.45) is 0 Å². The van der Waals surface area contributed by atoms with E-state index in [0.717, 1.165) is 4.90 Å². The molecule has 18 heavy (non-hydrogen) atoms. The van der Waals surface area contributed by atoms with Gasteiger partial charge in [-0.3, -0.25) is 14.5 Å². The maximum atomic E-state index is 13.8. The lowest BCUT2D eigenvalue weighted by atomic mass is 10.1. The van der Waals surface area contributed by atoms with E-state index in [0.29, 0.717) is 5.57 Å². The van der Waals surface area contributed by atoms with Gasteiger partial charge in [0.1, 0.15) is 12.2 Å². The molecular formula is C11H14FNO5. The van der Waals surface area contributed by atoms with E-state index in [2.05, 4.69) is 0 Å². The Morgan fingerprint density at radius 1 is 1.56 bits per heavy atom. The second-order valence-electron chi connectivity index (χ2n) is 4.40. The summed E-state index contributed by atoms with van der Waals surface area (Å²) in [6.07, 6.45) is -4.79. The number of aliphatic hydroxyl groups is 2. The van der Waals surface area contributed by atoms with Gasteiger partial charge in [0.05, 0.1) is 13.0 Å². The van der Waals surface area contributed by atoms with Crippen LogP contribution in [0.15, 0.2) is 11.8 Å². The van der Waals surface area contributed by atoms with Gasteiger partial charge in [0, 0.05) is 11.8 Å². The largest absolute Gasteiger partial charge is 0.394 e. The van der Waals surface area contributed by atoms with Crippen molar-refractivity contribution in [3.8, 4) is 0 Å². The molecule has 0 saturated carbocycles. The first-order valence-corrected chi connectivity index (χ1v) is 5.57. The Balaban J connectivity index is 2.22. The maximum absolute atomic E-state index is 13.8. The highest BCUT2D eigenvalue weighted by Crippen LogP contribution is 2.29. The van der Waals surface area contributed by atoms with Crippen molar-refractivity contribution < 1.29 is 28.9 Å². The quantitative estimate of drug-likeness (QED) is 0.628. The molecule has 1 amide bonds. The number of nitrogens with zero attached hydrogens (tertiary/aromatic N) is 1. The zero-order valence-corrected chi connectivity index (χ0v) is 9.75. The first kappa shape index (κ1) is 13.1. The molecule has 2 aliphatic heterocycles. The van der Waals surface area contributed by atoms with Gasteiger partial charge in [-0.15, -0.1) is 0 Å². The fourth-order valence-electron chi connectivity index (χ4n) is 2.01. The Bertz CT molecular complexity index is 410. The van der Waals surface area contributed by atoms with E-state index in [4.69, 9.17) is 9.84 Å². The lowest BCUT2D eigenvalue weighted by molar-refractivity contribution is -0.146. The molecule has 1 fully saturated rings. The number of carbonyl (C=O) groups is 2. The van der Waals surface area contributed by atoms with Gasteiger partial charge >= 0.3 is 0 Å². The number of rotatable bonds is 2. The lowest BCUT2D eigenvalue weighted by Gasteiger charge is -2.29. The molecular weight excluding hydrogens is 245 g/mol. The first-order chi connectivity index (χ1) is 8.45. The molecule has 4 atom stereocenters. The standard InChI is InChI=1S/C11H14FNO5/c1-5-3-13(8(16)2-6(5)15)11-9(12)10(17)7(4-14)18-11/h3,7,9-11,14,17H,2,4H2,1H3/t7-,9-,10-,11-/m0/s1. The van der Waals surface area contributed by atoms with E-state index in [1.54, 1.807) is 0 Å². The number of allylic oxidation sites excluding steroid dienone is 1. The molecule has 2 aliphatic rings. The Labute approximate surface area is 103 Å². The Kier molecular flexibility index (Phi) is 3.47. The molecule has 100 valence electrons. The first-order valence-electron chi connectivity index (χ1n) is 5.57. The molecule has 2 rings (SSSR count). The molecule has 0 aromatic rings. The minimum absolute atomic E-state index is 0.316. The van der Waals surface area contributed by atoms with Crippen molar-refractivity contribution in [2.45, 2.75) is 38.0 Å². The molecule has 0 aromatic carbocycles. The van der Waals surface area contributed by atoms with E-state index in [-0.39, 0.29) is 12.2 Å². The topological polar surface area (TPSA) is 87.1 Å². The molecule has 6 nitrogen and oxygen atoms in total. The van der Waals surface area contributed by atoms with Crippen LogP contribution < -0.4 is 0 Å². The normalized spacial score (nSPS) is 37.1. The van der Waals surface area contributed by atoms with Gasteiger partial charge in [0.2, 0.25) is 5.91 Å². The van der Waals surface area contributed by atoms with Crippen LogP contribution in [-0.4, -0.2) is 58.0 Å². The third kappa shape index (κ3) is 2.05. The van der Waals surface area contributed by atoms with E-state index >= 15 is 0 Å². The molecule has 0 spiro atoms. The van der Waals surface area contributed by atoms with Gasteiger partial charge in [-0.25, -0.2) is 4.39 Å². The van der Waals surface area contributed by atoms with Crippen LogP contribution >= 0.6 is 0 Å². The van der Waals surface area contributed by atoms with E-state index < -0.39 is 37.1 Å². The van der Waals surface area contributed by atoms with Crippen LogP contribution in [0, 0.1) is 0 Å². The Hall–Kier alpha value is -1.31. The summed E-state index contributed by atoms with van der Waals surface area (Å²) in [4.78, 5) is 23.9. The van der Waals surface area contributed by atoms with Crippen molar-refractivity contribution in [1.82, 2.24) is 4.90 Å². The second kappa shape index (κ2) is 4.75. The minimum Gasteiger partial charge on any atom is -0.394 e. The highest BCUT2D eigenvalue weighted by Gasteiger charge is 2.48. The van der Waals surface area contributed by atoms with Crippen molar-refractivity contribution in [1.29, 1.82) is 0 Å². The molecule has 1 saturated heterocycles. The van der Waals surface area contributed by atoms with E-state index in [1.807, 2.05) is 0 Å². The number of ketones is 1. The van der Waals surface area contributed by atoms with Crippen molar-refractivity contribution in [2.75, 3.05) is 6.61 Å². The number of amides is 1. The number of carbonyl (C=O) groups excluding carboxylic acids is 2. The molecule has 0 unspecified atom stereocenters. The monoisotopic (exact) mass is 259 g/mol. The van der Waals surface area contributed by atoms with Crippen molar-refractivity contribution >= 4 is 11.7 Å². The highest BCUT2D eigenvalue weighted by atomic mass is 19.1. The number of hydrogen-bond acceptors (Lipinski definition) is 5. The lowest BCUT2D eigenvalue weighted by Crippen LogP contribution is -2.45. The molecule has 0 aromatic heterocycles. The van der Waals surface area contributed by atoms with E-state index in [1.165, 1.54) is 13.1 Å². The second-order valence-corrected chi connectivity index (χ2v) is 4.40. The third-order valence-corrected chi connectivity index (χ3v) is 3.12. The summed E-state index contributed by atoms with van der Waals surface area (Å²) in [6, 6.07) is 0. The molecule has 0 aliphatic carbocycles. The zero-order chi connectivity index (χ0) is 13.4. The summed E-state index contributed by atoms with van der Waals surface area (Å²) in [7, 11) is 0. The van der Waals surface area contributed by atoms with Crippen LogP contribution in [-0.2, 0) is 14.3 Å². The number of hydrogen-bond donors (Lipinski definition) is 2. The third-order valence-electron chi connectivity index (χ3n) is 3.12. The average Bonchev–Trinajstić information content (AvgIpc) is 2.61. The fourth-order valence-corrected chi connectivity index (χ4v) is 2.01. The number of ether oxygens (including phenoxy) is 1. The zero-order valence-electron chi connectivity index (χ0n) is 9.75. The van der Waals surface area contributed by atoms with E-state index in [9.17, 15) is 19.1 Å². The summed E-state index contributed by atoms with van der Waals surface area (Å²) in [5.74, 6) is -0.895. The smallest absolute Gasteiger partial charge is 0.236 e. The predicted molar refractivity (Wildman–Crippen MR) is 56.9 cm³/mol. The summed E-state index contributed by atoms with van der Waals surface area (Å²) in [5.41, 5.74) is 0.326. The van der Waals surface area contributed by atoms with Crippen LogP contribution in [0.2, 0.25) is 0 Å². The number of aliphatic hydroxyl groups excluding tert-OH is 2. The van der Waals surface area contributed by atoms with Crippen molar-refractivity contribution in [3.63, 3.8) is 0 Å². The van der Waals surface area contributed by atoms with Gasteiger partial charge in [-0.05, 0) is 6.92 Å². The molecule has 2 heterocycles. The molecule has 0 bridgehead atoms. The molecule has 2 N–H and O–H groups in total.